The molecule has 0 amide bonds. The number of rotatable bonds is 6. The van der Waals surface area contributed by atoms with Gasteiger partial charge in [-0.3, -0.25) is 4.79 Å². The van der Waals surface area contributed by atoms with E-state index in [-0.39, 0.29) is 6.42 Å². The van der Waals surface area contributed by atoms with Crippen molar-refractivity contribution in [2.24, 2.45) is 11.1 Å². The van der Waals surface area contributed by atoms with E-state index >= 15 is 0 Å². The van der Waals surface area contributed by atoms with E-state index in [1.165, 1.54) is 21.1 Å². The molecule has 0 aliphatic carbocycles. The molecular weight excluding hydrogens is 330 g/mol. The molecule has 2 rings (SSSR count). The number of carboxylic acid groups (broad SMARTS) is 1. The van der Waals surface area contributed by atoms with E-state index in [1.807, 2.05) is 0 Å². The molecule has 1 aromatic rings. The molecule has 136 valence electrons. The molecule has 2 unspecified atom stereocenters. The minimum atomic E-state index is -1.07. The molecule has 0 saturated heterocycles. The number of carbonyl (C=O) groups is 2. The lowest BCUT2D eigenvalue weighted by molar-refractivity contribution is -0.151. The highest BCUT2D eigenvalue weighted by molar-refractivity contribution is 6.06. The van der Waals surface area contributed by atoms with Crippen molar-refractivity contribution < 1.29 is 33.7 Å². The number of nitrogens with zero attached hydrogens (tertiary/aromatic N) is 1. The van der Waals surface area contributed by atoms with Crippen LogP contribution >= 0.6 is 0 Å². The predicted octanol–water partition coefficient (Wildman–Crippen LogP) is 1.98. The van der Waals surface area contributed by atoms with Crippen LogP contribution in [-0.4, -0.2) is 43.1 Å². The van der Waals surface area contributed by atoms with Gasteiger partial charge in [0.2, 0.25) is 0 Å². The van der Waals surface area contributed by atoms with Crippen molar-refractivity contribution in [3.05, 3.63) is 23.3 Å². The van der Waals surface area contributed by atoms with Gasteiger partial charge >= 0.3 is 11.9 Å². The van der Waals surface area contributed by atoms with Gasteiger partial charge in [-0.2, -0.15) is 0 Å². The third kappa shape index (κ3) is 4.08. The fourth-order valence-electron chi connectivity index (χ4n) is 2.48. The van der Waals surface area contributed by atoms with Gasteiger partial charge in [-0.25, -0.2) is 4.79 Å². The van der Waals surface area contributed by atoms with E-state index in [9.17, 15) is 9.59 Å². The van der Waals surface area contributed by atoms with Crippen LogP contribution in [0.3, 0.4) is 0 Å². The average molecular weight is 351 g/mol. The smallest absolute Gasteiger partial charge is 0.335 e. The summed E-state index contributed by atoms with van der Waals surface area (Å²) in [7, 11) is 3.07. The zero-order chi connectivity index (χ0) is 18.6. The maximum Gasteiger partial charge on any atom is 0.335 e. The molecule has 0 radical (unpaired) electrons. The number of aliphatic carboxylic acids is 1. The molecule has 25 heavy (non-hydrogen) atoms. The largest absolute Gasteiger partial charge is 0.493 e. The first-order chi connectivity index (χ1) is 11.9. The van der Waals surface area contributed by atoms with Crippen LogP contribution in [0.1, 0.15) is 31.4 Å². The monoisotopic (exact) mass is 351 g/mol. The average Bonchev–Trinajstić information content (AvgIpc) is 2.59. The molecule has 0 saturated carbocycles. The van der Waals surface area contributed by atoms with Gasteiger partial charge in [0.15, 0.2) is 11.5 Å². The Morgan fingerprint density at radius 2 is 2.08 bits per heavy atom. The molecule has 1 aliphatic rings. The van der Waals surface area contributed by atoms with Crippen LogP contribution in [0, 0.1) is 5.92 Å². The van der Waals surface area contributed by atoms with Crippen molar-refractivity contribution in [3.63, 3.8) is 0 Å². The predicted molar refractivity (Wildman–Crippen MR) is 87.8 cm³/mol. The number of carbonyl (C=O) groups excluding carboxylic acids is 1. The number of oxime groups is 1. The van der Waals surface area contributed by atoms with E-state index in [0.29, 0.717) is 23.8 Å². The molecular formula is C17H21NO7. The van der Waals surface area contributed by atoms with E-state index in [4.69, 9.17) is 24.2 Å². The van der Waals surface area contributed by atoms with Crippen LogP contribution in [-0.2, 0) is 25.8 Å². The Balaban J connectivity index is 2.28. The van der Waals surface area contributed by atoms with Gasteiger partial charge in [-0.15, -0.1) is 0 Å². The van der Waals surface area contributed by atoms with Gasteiger partial charge in [0.05, 0.1) is 33.2 Å². The Bertz CT molecular complexity index is 698. The van der Waals surface area contributed by atoms with Crippen molar-refractivity contribution >= 4 is 17.7 Å². The summed E-state index contributed by atoms with van der Waals surface area (Å²) in [6.45, 7) is 3.52. The SMILES string of the molecule is COc1ccc2c(c1OC)COC(C)/C2=N/OC(=O)CC(C)C(=O)O. The summed E-state index contributed by atoms with van der Waals surface area (Å²) >= 11 is 0. The van der Waals surface area contributed by atoms with Gasteiger partial charge in [-0.05, 0) is 19.1 Å². The van der Waals surface area contributed by atoms with Crippen molar-refractivity contribution in [2.75, 3.05) is 14.2 Å². The highest BCUT2D eigenvalue weighted by atomic mass is 16.7. The fourth-order valence-corrected chi connectivity index (χ4v) is 2.48. The Hall–Kier alpha value is -2.61. The van der Waals surface area contributed by atoms with Crippen molar-refractivity contribution in [1.29, 1.82) is 0 Å². The second-order valence-corrected chi connectivity index (χ2v) is 5.66. The summed E-state index contributed by atoms with van der Waals surface area (Å²) in [4.78, 5) is 27.5. The normalized spacial score (nSPS) is 19.0. The lowest BCUT2D eigenvalue weighted by Crippen LogP contribution is -2.29. The van der Waals surface area contributed by atoms with Gasteiger partial charge < -0.3 is 24.2 Å². The lowest BCUT2D eigenvalue weighted by Gasteiger charge is -2.26. The zero-order valence-corrected chi connectivity index (χ0v) is 14.6. The summed E-state index contributed by atoms with van der Waals surface area (Å²) in [5.41, 5.74) is 1.91. The molecule has 0 bridgehead atoms. The summed E-state index contributed by atoms with van der Waals surface area (Å²) in [6, 6.07) is 3.53. The summed E-state index contributed by atoms with van der Waals surface area (Å²) < 4.78 is 16.3. The Morgan fingerprint density at radius 1 is 1.36 bits per heavy atom. The number of ether oxygens (including phenoxy) is 3. The first kappa shape index (κ1) is 18.7. The third-order valence-electron chi connectivity index (χ3n) is 3.93. The molecule has 8 nitrogen and oxygen atoms in total. The molecule has 2 atom stereocenters. The quantitative estimate of drug-likeness (QED) is 0.617. The Labute approximate surface area is 145 Å². The molecule has 1 aromatic carbocycles. The van der Waals surface area contributed by atoms with Crippen LogP contribution in [0.25, 0.3) is 0 Å². The van der Waals surface area contributed by atoms with Gasteiger partial charge in [0, 0.05) is 11.1 Å². The van der Waals surface area contributed by atoms with Gasteiger partial charge in [0.25, 0.3) is 0 Å². The van der Waals surface area contributed by atoms with Gasteiger partial charge in [0.1, 0.15) is 11.8 Å². The van der Waals surface area contributed by atoms with E-state index in [0.717, 1.165) is 11.1 Å². The van der Waals surface area contributed by atoms with Crippen LogP contribution in [0.15, 0.2) is 17.3 Å². The minimum absolute atomic E-state index is 0.264. The number of fused-ring (bicyclic) bond motifs is 1. The fraction of sp³-hybridized carbons (Fsp3) is 0.471. The zero-order valence-electron chi connectivity index (χ0n) is 14.6. The summed E-state index contributed by atoms with van der Waals surface area (Å²) in [6.07, 6.45) is -0.657. The lowest BCUT2D eigenvalue weighted by atomic mass is 9.96. The van der Waals surface area contributed by atoms with Crippen LogP contribution in [0.4, 0.5) is 0 Å². The van der Waals surface area contributed by atoms with E-state index in [2.05, 4.69) is 5.16 Å². The molecule has 1 heterocycles. The second kappa shape index (κ2) is 7.98. The van der Waals surface area contributed by atoms with Crippen LogP contribution in [0.2, 0.25) is 0 Å². The van der Waals surface area contributed by atoms with Gasteiger partial charge in [-0.1, -0.05) is 12.1 Å². The maximum atomic E-state index is 11.8. The van der Waals surface area contributed by atoms with Crippen LogP contribution < -0.4 is 9.47 Å². The van der Waals surface area contributed by atoms with E-state index in [1.54, 1.807) is 19.1 Å². The molecule has 1 aliphatic heterocycles. The molecule has 0 fully saturated rings. The first-order valence-electron chi connectivity index (χ1n) is 7.75. The molecule has 1 N–H and O–H groups in total. The Kier molecular flexibility index (Phi) is 5.97. The minimum Gasteiger partial charge on any atom is -0.493 e. The maximum absolute atomic E-state index is 11.8. The number of benzene rings is 1. The van der Waals surface area contributed by atoms with Crippen molar-refractivity contribution in [1.82, 2.24) is 0 Å². The summed E-state index contributed by atoms with van der Waals surface area (Å²) in [5, 5.41) is 12.7. The second-order valence-electron chi connectivity index (χ2n) is 5.66. The van der Waals surface area contributed by atoms with Crippen molar-refractivity contribution in [3.8, 4) is 11.5 Å². The third-order valence-corrected chi connectivity index (χ3v) is 3.93. The number of hydrogen-bond donors (Lipinski definition) is 1. The van der Waals surface area contributed by atoms with Crippen LogP contribution in [0.5, 0.6) is 11.5 Å². The molecule has 8 heteroatoms. The number of hydrogen-bond acceptors (Lipinski definition) is 7. The standard InChI is InChI=1S/C17H21NO7/c1-9(17(20)21)7-14(19)25-18-15-10(2)24-8-12-11(15)5-6-13(22-3)16(12)23-4/h5-6,9-10H,7-8H2,1-4H3,(H,20,21)/b18-15-. The van der Waals surface area contributed by atoms with E-state index < -0.39 is 24.0 Å². The van der Waals surface area contributed by atoms with Crippen molar-refractivity contribution in [2.45, 2.75) is 33.0 Å². The summed E-state index contributed by atoms with van der Waals surface area (Å²) in [5.74, 6) is -1.54. The highest BCUT2D eigenvalue weighted by Gasteiger charge is 2.28. The Morgan fingerprint density at radius 3 is 2.68 bits per heavy atom. The number of methoxy groups -OCH3 is 2. The topological polar surface area (TPSA) is 104 Å². The first-order valence-corrected chi connectivity index (χ1v) is 7.75. The molecule has 0 spiro atoms. The highest BCUT2D eigenvalue weighted by Crippen LogP contribution is 2.37. The number of carboxylic acids is 1. The molecule has 0 aromatic heterocycles.